The monoisotopic (exact) mass is 658 g/mol. The van der Waals surface area contributed by atoms with Gasteiger partial charge in [0.2, 0.25) is 0 Å². The van der Waals surface area contributed by atoms with Crippen molar-refractivity contribution < 1.29 is 9.47 Å². The molecule has 0 N–H and O–H groups in total. The van der Waals surface area contributed by atoms with Crippen molar-refractivity contribution in [1.29, 1.82) is 0 Å². The first-order valence-electron chi connectivity index (χ1n) is 16.2. The highest BCUT2D eigenvalue weighted by Gasteiger charge is 2.23. The molecule has 0 aliphatic carbocycles. The van der Waals surface area contributed by atoms with Gasteiger partial charge in [0.05, 0.1) is 46.7 Å². The van der Waals surface area contributed by atoms with E-state index >= 15 is 0 Å². The van der Waals surface area contributed by atoms with Crippen LogP contribution in [0.25, 0.3) is 32.4 Å². The minimum atomic E-state index is 0.513. The molecule has 0 atom stereocenters. The second-order valence-corrected chi connectivity index (χ2v) is 13.6. The van der Waals surface area contributed by atoms with Crippen LogP contribution < -0.4 is 9.47 Å². The molecule has 244 valence electrons. The molecule has 0 fully saturated rings. The number of methoxy groups -OCH3 is 2. The number of aryl methyl sites for hydroxylation is 4. The van der Waals surface area contributed by atoms with Crippen LogP contribution in [0.1, 0.15) is 99.1 Å². The Balaban J connectivity index is 0.000000181. The molecule has 0 saturated carbocycles. The van der Waals surface area contributed by atoms with E-state index in [0.717, 1.165) is 92.4 Å². The van der Waals surface area contributed by atoms with Gasteiger partial charge >= 0.3 is 0 Å². The second kappa shape index (κ2) is 14.3. The van der Waals surface area contributed by atoms with Crippen LogP contribution in [-0.2, 0) is 0 Å². The Morgan fingerprint density at radius 1 is 0.696 bits per heavy atom. The summed E-state index contributed by atoms with van der Waals surface area (Å²) in [5, 5.41) is 13.6. The van der Waals surface area contributed by atoms with Crippen molar-refractivity contribution in [3.05, 3.63) is 68.9 Å². The Hall–Kier alpha value is -3.76. The molecule has 0 unspecified atom stereocenters. The van der Waals surface area contributed by atoms with Crippen molar-refractivity contribution in [1.82, 2.24) is 29.2 Å². The minimum absolute atomic E-state index is 0.513. The van der Waals surface area contributed by atoms with E-state index in [1.54, 1.807) is 36.9 Å². The Morgan fingerprint density at radius 3 is 1.70 bits per heavy atom. The van der Waals surface area contributed by atoms with Gasteiger partial charge in [-0.3, -0.25) is 0 Å². The van der Waals surface area contributed by atoms with Crippen molar-refractivity contribution >= 4 is 34.0 Å². The maximum atomic E-state index is 5.50. The maximum absolute atomic E-state index is 5.50. The fraction of sp³-hybridized carbons (Fsp3) is 0.444. The predicted molar refractivity (Wildman–Crippen MR) is 191 cm³/mol. The maximum Gasteiger partial charge on any atom is 0.158 e. The van der Waals surface area contributed by atoms with Crippen molar-refractivity contribution in [3.8, 4) is 32.6 Å². The number of nitrogens with zero attached hydrogens (tertiary/aromatic N) is 6. The number of rotatable bonds is 10. The molecule has 0 aliphatic rings. The standard InChI is InChI=1S/2C18H23N3OS/c1-6-13(7-2)15-8-11(3)20-21-17(12(4)19-18(15)21)16-9-14(22-5)10-23-16;1-6-13(7-2)14-10-11(3)20-21-16(12(4)19-18(14)21)17-15(22-5)8-9-23-17/h2*8-10,13H,6-7H2,1-5H3. The zero-order valence-corrected chi connectivity index (χ0v) is 30.4. The molecule has 6 rings (SSSR count). The first-order valence-corrected chi connectivity index (χ1v) is 17.9. The lowest BCUT2D eigenvalue weighted by Crippen LogP contribution is -2.05. The van der Waals surface area contributed by atoms with E-state index in [9.17, 15) is 0 Å². The van der Waals surface area contributed by atoms with Crippen LogP contribution in [0, 0.1) is 27.7 Å². The Kier molecular flexibility index (Phi) is 10.5. The van der Waals surface area contributed by atoms with Gasteiger partial charge in [0.1, 0.15) is 22.9 Å². The molecule has 6 aromatic heterocycles. The van der Waals surface area contributed by atoms with Gasteiger partial charge in [-0.2, -0.15) is 10.2 Å². The number of ether oxygens (including phenoxy) is 2. The quantitative estimate of drug-likeness (QED) is 0.146. The van der Waals surface area contributed by atoms with Gasteiger partial charge in [-0.15, -0.1) is 22.7 Å². The molecule has 6 heterocycles. The van der Waals surface area contributed by atoms with Crippen LogP contribution in [0.5, 0.6) is 11.5 Å². The van der Waals surface area contributed by atoms with Crippen molar-refractivity contribution in [2.45, 2.75) is 92.9 Å². The number of hydrogen-bond donors (Lipinski definition) is 0. The molecular weight excluding hydrogens is 613 g/mol. The number of fused-ring (bicyclic) bond motifs is 2. The summed E-state index contributed by atoms with van der Waals surface area (Å²) < 4.78 is 14.9. The largest absolute Gasteiger partial charge is 0.496 e. The Morgan fingerprint density at radius 2 is 1.22 bits per heavy atom. The van der Waals surface area contributed by atoms with Gasteiger partial charge < -0.3 is 9.47 Å². The van der Waals surface area contributed by atoms with E-state index in [0.29, 0.717) is 11.8 Å². The highest BCUT2D eigenvalue weighted by molar-refractivity contribution is 7.14. The van der Waals surface area contributed by atoms with Gasteiger partial charge in [0.25, 0.3) is 0 Å². The minimum Gasteiger partial charge on any atom is -0.496 e. The van der Waals surface area contributed by atoms with E-state index in [4.69, 9.17) is 29.6 Å². The molecule has 8 nitrogen and oxygen atoms in total. The average Bonchev–Trinajstić information content (AvgIpc) is 3.83. The van der Waals surface area contributed by atoms with Crippen LogP contribution >= 0.6 is 22.7 Å². The molecule has 0 radical (unpaired) electrons. The first kappa shape index (κ1) is 33.6. The fourth-order valence-electron chi connectivity index (χ4n) is 6.34. The van der Waals surface area contributed by atoms with Crippen molar-refractivity contribution in [2.75, 3.05) is 14.2 Å². The third kappa shape index (κ3) is 6.29. The number of hydrogen-bond acceptors (Lipinski definition) is 8. The number of imidazole rings is 2. The highest BCUT2D eigenvalue weighted by Crippen LogP contribution is 2.39. The van der Waals surface area contributed by atoms with Gasteiger partial charge in [0.15, 0.2) is 11.3 Å². The third-order valence-corrected chi connectivity index (χ3v) is 10.6. The zero-order chi connectivity index (χ0) is 33.1. The fourth-order valence-corrected chi connectivity index (χ4v) is 8.22. The third-order valence-electron chi connectivity index (χ3n) is 8.78. The van der Waals surface area contributed by atoms with Crippen LogP contribution in [0.2, 0.25) is 0 Å². The summed E-state index contributed by atoms with van der Waals surface area (Å²) in [6.07, 6.45) is 4.45. The molecule has 0 amide bonds. The molecule has 10 heteroatoms. The van der Waals surface area contributed by atoms with Crippen molar-refractivity contribution in [3.63, 3.8) is 0 Å². The predicted octanol–water partition coefficient (Wildman–Crippen LogP) is 9.97. The molecule has 0 aliphatic heterocycles. The topological polar surface area (TPSA) is 78.8 Å². The number of aromatic nitrogens is 6. The van der Waals surface area contributed by atoms with Crippen LogP contribution in [0.3, 0.4) is 0 Å². The Labute approximate surface area is 280 Å². The Bertz CT molecular complexity index is 1940. The van der Waals surface area contributed by atoms with Gasteiger partial charge in [-0.05, 0) is 88.8 Å². The van der Waals surface area contributed by atoms with Crippen molar-refractivity contribution in [2.24, 2.45) is 0 Å². The number of thiophene rings is 2. The van der Waals surface area contributed by atoms with E-state index in [-0.39, 0.29) is 0 Å². The van der Waals surface area contributed by atoms with Crippen LogP contribution in [0.15, 0.2) is 35.0 Å². The smallest absolute Gasteiger partial charge is 0.158 e. The van der Waals surface area contributed by atoms with E-state index in [1.165, 1.54) is 11.1 Å². The molecular formula is C36H46N6O2S2. The van der Waals surface area contributed by atoms with Gasteiger partial charge in [-0.25, -0.2) is 19.0 Å². The second-order valence-electron chi connectivity index (χ2n) is 11.7. The molecule has 0 bridgehead atoms. The van der Waals surface area contributed by atoms with E-state index < -0.39 is 0 Å². The summed E-state index contributed by atoms with van der Waals surface area (Å²) in [6.45, 7) is 17.2. The summed E-state index contributed by atoms with van der Waals surface area (Å²) in [6, 6.07) is 8.44. The van der Waals surface area contributed by atoms with Crippen LogP contribution in [-0.4, -0.2) is 43.4 Å². The zero-order valence-electron chi connectivity index (χ0n) is 28.8. The van der Waals surface area contributed by atoms with E-state index in [2.05, 4.69) is 73.6 Å². The summed E-state index contributed by atoms with van der Waals surface area (Å²) in [5.74, 6) is 2.80. The molecule has 46 heavy (non-hydrogen) atoms. The lowest BCUT2D eigenvalue weighted by atomic mass is 9.95. The normalized spacial score (nSPS) is 11.6. The first-order chi connectivity index (χ1) is 22.2. The summed E-state index contributed by atoms with van der Waals surface area (Å²) in [7, 11) is 3.40. The lowest BCUT2D eigenvalue weighted by Gasteiger charge is -2.14. The van der Waals surface area contributed by atoms with E-state index in [1.807, 2.05) is 25.9 Å². The van der Waals surface area contributed by atoms with Crippen LogP contribution in [0.4, 0.5) is 0 Å². The lowest BCUT2D eigenvalue weighted by molar-refractivity contribution is 0.417. The summed E-state index contributed by atoms with van der Waals surface area (Å²) >= 11 is 3.33. The average molecular weight is 659 g/mol. The SMILES string of the molecule is CCC(CC)c1cc(C)nn2c(-c3cc(OC)cs3)c(C)nc12.CCC(CC)c1cc(C)nn2c(-c3sccc3OC)c(C)nc12. The summed E-state index contributed by atoms with van der Waals surface area (Å²) in [5.41, 5.74) is 10.8. The molecule has 0 spiro atoms. The molecule has 6 aromatic rings. The van der Waals surface area contributed by atoms with Gasteiger partial charge in [-0.1, -0.05) is 27.7 Å². The summed E-state index contributed by atoms with van der Waals surface area (Å²) in [4.78, 5) is 11.9. The molecule has 0 saturated heterocycles. The highest BCUT2D eigenvalue weighted by atomic mass is 32.1. The van der Waals surface area contributed by atoms with Gasteiger partial charge in [0, 0.05) is 22.6 Å². The molecule has 0 aromatic carbocycles.